The first-order chi connectivity index (χ1) is 16.2. The summed E-state index contributed by atoms with van der Waals surface area (Å²) < 4.78 is 47.4. The summed E-state index contributed by atoms with van der Waals surface area (Å²) in [6.07, 6.45) is 1.72. The van der Waals surface area contributed by atoms with E-state index in [0.717, 1.165) is 11.1 Å². The van der Waals surface area contributed by atoms with Crippen LogP contribution in [0, 0.1) is 17.8 Å². The van der Waals surface area contributed by atoms with Gasteiger partial charge in [-0.2, -0.15) is 4.31 Å². The minimum Gasteiger partial charge on any atom is -0.493 e. The van der Waals surface area contributed by atoms with Crippen molar-refractivity contribution in [1.29, 1.82) is 0 Å². The van der Waals surface area contributed by atoms with E-state index >= 15 is 0 Å². The standard InChI is InChI=1S/C22H19Cl2FN4O3S2/c1-26-19-4-3-16(9-18(19)25)32-14-22(11-27-10-21-28-6-7-33-21)12-29(13-22)34(30,31)20-5-2-15(23)8-17(20)24/h2-9,27H,10-14H2. The van der Waals surface area contributed by atoms with Crippen molar-refractivity contribution in [2.75, 3.05) is 26.2 Å². The van der Waals surface area contributed by atoms with E-state index in [1.54, 1.807) is 6.20 Å². The summed E-state index contributed by atoms with van der Waals surface area (Å²) in [5.74, 6) is -0.398. The summed E-state index contributed by atoms with van der Waals surface area (Å²) >= 11 is 13.6. The zero-order chi connectivity index (χ0) is 24.3. The summed E-state index contributed by atoms with van der Waals surface area (Å²) in [7, 11) is -3.83. The Labute approximate surface area is 211 Å². The van der Waals surface area contributed by atoms with Crippen LogP contribution in [0.25, 0.3) is 4.85 Å². The van der Waals surface area contributed by atoms with Gasteiger partial charge in [0.1, 0.15) is 21.5 Å². The molecule has 0 radical (unpaired) electrons. The van der Waals surface area contributed by atoms with Crippen LogP contribution < -0.4 is 10.1 Å². The van der Waals surface area contributed by atoms with E-state index in [4.69, 9.17) is 34.5 Å². The molecule has 0 aliphatic carbocycles. The number of aromatic nitrogens is 1. The van der Waals surface area contributed by atoms with Crippen LogP contribution in [0.5, 0.6) is 5.75 Å². The SMILES string of the molecule is [C-]#[N+]c1ccc(OCC2(CNCc3nccs3)CN(S(=O)(=O)c3ccc(Cl)cc3Cl)C2)cc1F. The molecule has 1 aliphatic rings. The molecule has 0 saturated carbocycles. The van der Waals surface area contributed by atoms with Gasteiger partial charge in [0.2, 0.25) is 15.7 Å². The first-order valence-corrected chi connectivity index (χ1v) is 13.1. The lowest BCUT2D eigenvalue weighted by atomic mass is 9.82. The van der Waals surface area contributed by atoms with Crippen molar-refractivity contribution >= 4 is 50.2 Å². The Morgan fingerprint density at radius 1 is 1.26 bits per heavy atom. The molecule has 4 rings (SSSR count). The monoisotopic (exact) mass is 540 g/mol. The van der Waals surface area contributed by atoms with E-state index in [1.807, 2.05) is 5.38 Å². The number of hydrogen-bond acceptors (Lipinski definition) is 6. The van der Waals surface area contributed by atoms with E-state index in [0.29, 0.717) is 18.1 Å². The highest BCUT2D eigenvalue weighted by molar-refractivity contribution is 7.89. The Hall–Kier alpha value is -2.26. The molecule has 0 bridgehead atoms. The molecule has 2 aromatic carbocycles. The second-order valence-electron chi connectivity index (χ2n) is 7.89. The molecule has 3 aromatic rings. The fraction of sp³-hybridized carbons (Fsp3) is 0.273. The number of nitrogens with one attached hydrogen (secondary N) is 1. The van der Waals surface area contributed by atoms with Crippen LogP contribution in [-0.2, 0) is 16.6 Å². The molecule has 0 atom stereocenters. The predicted octanol–water partition coefficient (Wildman–Crippen LogP) is 5.00. The molecule has 1 saturated heterocycles. The van der Waals surface area contributed by atoms with E-state index < -0.39 is 21.3 Å². The number of rotatable bonds is 9. The van der Waals surface area contributed by atoms with E-state index in [9.17, 15) is 12.8 Å². The van der Waals surface area contributed by atoms with Crippen LogP contribution in [-0.4, -0.2) is 43.9 Å². The number of sulfonamides is 1. The molecule has 12 heteroatoms. The fourth-order valence-corrected chi connectivity index (χ4v) is 6.63. The van der Waals surface area contributed by atoms with Crippen molar-refractivity contribution in [3.8, 4) is 5.75 Å². The summed E-state index contributed by atoms with van der Waals surface area (Å²) in [6.45, 7) is 8.46. The van der Waals surface area contributed by atoms with Crippen LogP contribution >= 0.6 is 34.5 Å². The number of nitrogens with zero attached hydrogens (tertiary/aromatic N) is 3. The number of hydrogen-bond donors (Lipinski definition) is 1. The van der Waals surface area contributed by atoms with E-state index in [-0.39, 0.29) is 41.1 Å². The topological polar surface area (TPSA) is 75.9 Å². The van der Waals surface area contributed by atoms with Gasteiger partial charge in [0, 0.05) is 54.3 Å². The highest BCUT2D eigenvalue weighted by atomic mass is 35.5. The zero-order valence-corrected chi connectivity index (χ0v) is 20.8. The van der Waals surface area contributed by atoms with Crippen molar-refractivity contribution in [2.24, 2.45) is 5.41 Å². The van der Waals surface area contributed by atoms with Gasteiger partial charge in [0.25, 0.3) is 0 Å². The number of halogens is 3. The summed E-state index contributed by atoms with van der Waals surface area (Å²) in [4.78, 5) is 7.33. The Morgan fingerprint density at radius 2 is 2.06 bits per heavy atom. The Kier molecular flexibility index (Phi) is 7.42. The van der Waals surface area contributed by atoms with Crippen LogP contribution in [0.4, 0.5) is 10.1 Å². The van der Waals surface area contributed by atoms with Gasteiger partial charge in [-0.15, -0.1) is 11.3 Å². The first-order valence-electron chi connectivity index (χ1n) is 10.1. The normalized spacial score (nSPS) is 15.5. The number of thiazole rings is 1. The number of ether oxygens (including phenoxy) is 1. The molecule has 0 spiro atoms. The van der Waals surface area contributed by atoms with Crippen molar-refractivity contribution in [3.05, 3.63) is 80.3 Å². The Morgan fingerprint density at radius 3 is 2.71 bits per heavy atom. The van der Waals surface area contributed by atoms with E-state index in [1.165, 1.54) is 46.0 Å². The lowest BCUT2D eigenvalue weighted by Crippen LogP contribution is -2.64. The second kappa shape index (κ2) is 10.2. The van der Waals surface area contributed by atoms with Crippen LogP contribution in [0.15, 0.2) is 52.9 Å². The van der Waals surface area contributed by atoms with Crippen molar-refractivity contribution in [3.63, 3.8) is 0 Å². The smallest absolute Gasteiger partial charge is 0.244 e. The summed E-state index contributed by atoms with van der Waals surface area (Å²) in [6, 6.07) is 8.29. The minimum atomic E-state index is -3.83. The second-order valence-corrected chi connectivity index (χ2v) is 11.6. The summed E-state index contributed by atoms with van der Waals surface area (Å²) in [5.41, 5.74) is -0.647. The highest BCUT2D eigenvalue weighted by Gasteiger charge is 2.49. The maximum Gasteiger partial charge on any atom is 0.244 e. The summed E-state index contributed by atoms with van der Waals surface area (Å²) in [5, 5.41) is 6.50. The van der Waals surface area contributed by atoms with Crippen molar-refractivity contribution in [1.82, 2.24) is 14.6 Å². The lowest BCUT2D eigenvalue weighted by molar-refractivity contribution is 0.0191. The maximum absolute atomic E-state index is 14.0. The van der Waals surface area contributed by atoms with Crippen LogP contribution in [0.1, 0.15) is 5.01 Å². The molecule has 1 N–H and O–H groups in total. The van der Waals surface area contributed by atoms with Crippen molar-refractivity contribution < 1.29 is 17.5 Å². The van der Waals surface area contributed by atoms with E-state index in [2.05, 4.69) is 15.1 Å². The third-order valence-electron chi connectivity index (χ3n) is 5.38. The minimum absolute atomic E-state index is 0.0133. The zero-order valence-electron chi connectivity index (χ0n) is 17.7. The highest BCUT2D eigenvalue weighted by Crippen LogP contribution is 2.38. The molecule has 1 fully saturated rings. The van der Waals surface area contributed by atoms with Gasteiger partial charge in [-0.3, -0.25) is 0 Å². The lowest BCUT2D eigenvalue weighted by Gasteiger charge is -2.48. The average molecular weight is 541 g/mol. The first kappa shape index (κ1) is 24.9. The van der Waals surface area contributed by atoms with Gasteiger partial charge < -0.3 is 10.1 Å². The quantitative estimate of drug-likeness (QED) is 0.386. The van der Waals surface area contributed by atoms with Crippen molar-refractivity contribution in [2.45, 2.75) is 11.4 Å². The molecule has 1 aliphatic heterocycles. The van der Waals surface area contributed by atoms with Crippen LogP contribution in [0.2, 0.25) is 10.0 Å². The van der Waals surface area contributed by atoms with Gasteiger partial charge in [-0.1, -0.05) is 23.2 Å². The largest absolute Gasteiger partial charge is 0.493 e. The Bertz CT molecular complexity index is 1320. The molecular formula is C22H19Cl2FN4O3S2. The third-order valence-corrected chi connectivity index (χ3v) is 8.67. The van der Waals surface area contributed by atoms with Gasteiger partial charge in [0.15, 0.2) is 0 Å². The van der Waals surface area contributed by atoms with Gasteiger partial charge >= 0.3 is 0 Å². The molecule has 178 valence electrons. The average Bonchev–Trinajstić information content (AvgIpc) is 3.28. The molecular weight excluding hydrogens is 522 g/mol. The predicted molar refractivity (Wildman–Crippen MR) is 130 cm³/mol. The Balaban J connectivity index is 1.48. The number of benzene rings is 2. The molecule has 34 heavy (non-hydrogen) atoms. The molecule has 2 heterocycles. The third kappa shape index (κ3) is 5.35. The molecule has 1 aromatic heterocycles. The van der Waals surface area contributed by atoms with Gasteiger partial charge in [-0.25, -0.2) is 22.6 Å². The fourth-order valence-electron chi connectivity index (χ4n) is 3.63. The van der Waals surface area contributed by atoms with Gasteiger partial charge in [0.05, 0.1) is 18.2 Å². The molecule has 7 nitrogen and oxygen atoms in total. The molecule has 0 amide bonds. The van der Waals surface area contributed by atoms with Gasteiger partial charge in [-0.05, 0) is 30.3 Å². The molecule has 0 unspecified atom stereocenters. The van der Waals surface area contributed by atoms with Crippen LogP contribution in [0.3, 0.4) is 0 Å². The maximum atomic E-state index is 14.0.